The van der Waals surface area contributed by atoms with Crippen LogP contribution < -0.4 is 14.8 Å². The molecule has 0 aliphatic rings. The van der Waals surface area contributed by atoms with E-state index in [1.165, 1.54) is 13.2 Å². The summed E-state index contributed by atoms with van der Waals surface area (Å²) in [5, 5.41) is 2.80. The van der Waals surface area contributed by atoms with Crippen LogP contribution in [-0.4, -0.2) is 25.9 Å². The van der Waals surface area contributed by atoms with Gasteiger partial charge in [0.2, 0.25) is 0 Å². The van der Waals surface area contributed by atoms with Crippen molar-refractivity contribution in [3.63, 3.8) is 0 Å². The maximum absolute atomic E-state index is 12.0. The molecule has 5 nitrogen and oxygen atoms in total. The maximum Gasteiger partial charge on any atom is 0.262 e. The fourth-order valence-electron chi connectivity index (χ4n) is 1.98. The van der Waals surface area contributed by atoms with Gasteiger partial charge in [-0.25, -0.2) is 0 Å². The number of ether oxygens (including phenoxy) is 2. The summed E-state index contributed by atoms with van der Waals surface area (Å²) in [5.41, 5.74) is 2.17. The summed E-state index contributed by atoms with van der Waals surface area (Å²) in [7, 11) is 1.50. The summed E-state index contributed by atoms with van der Waals surface area (Å²) in [5.74, 6) is 0.535. The molecule has 0 spiro atoms. The van der Waals surface area contributed by atoms with Gasteiger partial charge in [0, 0.05) is 14.8 Å². The molecule has 0 radical (unpaired) electrons. The highest BCUT2D eigenvalue weighted by atomic mass is 127. The van der Waals surface area contributed by atoms with Gasteiger partial charge in [0.25, 0.3) is 5.91 Å². The van der Waals surface area contributed by atoms with E-state index in [4.69, 9.17) is 9.47 Å². The summed E-state index contributed by atoms with van der Waals surface area (Å²) in [6, 6.07) is 10.5. The number of anilines is 1. The quantitative estimate of drug-likeness (QED) is 0.569. The third-order valence-electron chi connectivity index (χ3n) is 3.15. The molecular formula is C17H16INO4. The van der Waals surface area contributed by atoms with Crippen molar-refractivity contribution in [3.05, 3.63) is 51.1 Å². The van der Waals surface area contributed by atoms with Gasteiger partial charge < -0.3 is 14.8 Å². The third kappa shape index (κ3) is 4.69. The zero-order valence-corrected chi connectivity index (χ0v) is 14.9. The van der Waals surface area contributed by atoms with Crippen molar-refractivity contribution >= 4 is 40.5 Å². The van der Waals surface area contributed by atoms with Crippen LogP contribution in [0.3, 0.4) is 0 Å². The first kappa shape index (κ1) is 17.3. The molecule has 0 bridgehead atoms. The Hall–Kier alpha value is -2.09. The van der Waals surface area contributed by atoms with Crippen LogP contribution in [0, 0.1) is 10.5 Å². The molecule has 0 heterocycles. The number of aldehydes is 1. The monoisotopic (exact) mass is 425 g/mol. The van der Waals surface area contributed by atoms with Gasteiger partial charge >= 0.3 is 0 Å². The van der Waals surface area contributed by atoms with Gasteiger partial charge in [-0.05, 0) is 71.5 Å². The topological polar surface area (TPSA) is 64.6 Å². The van der Waals surface area contributed by atoms with Crippen LogP contribution in [0.2, 0.25) is 0 Å². The minimum absolute atomic E-state index is 0.176. The van der Waals surface area contributed by atoms with E-state index in [0.29, 0.717) is 23.3 Å². The van der Waals surface area contributed by atoms with E-state index in [0.717, 1.165) is 14.8 Å². The van der Waals surface area contributed by atoms with Crippen LogP contribution in [0.1, 0.15) is 15.9 Å². The lowest BCUT2D eigenvalue weighted by molar-refractivity contribution is -0.118. The van der Waals surface area contributed by atoms with Crippen molar-refractivity contribution in [1.29, 1.82) is 0 Å². The summed E-state index contributed by atoms with van der Waals surface area (Å²) in [6.07, 6.45) is 0.710. The van der Waals surface area contributed by atoms with E-state index in [2.05, 4.69) is 27.9 Å². The van der Waals surface area contributed by atoms with Crippen LogP contribution in [0.5, 0.6) is 11.5 Å². The molecule has 120 valence electrons. The average molecular weight is 425 g/mol. The Morgan fingerprint density at radius 1 is 1.22 bits per heavy atom. The van der Waals surface area contributed by atoms with Crippen molar-refractivity contribution in [1.82, 2.24) is 0 Å². The Morgan fingerprint density at radius 2 is 2.00 bits per heavy atom. The number of hydrogen-bond acceptors (Lipinski definition) is 4. The van der Waals surface area contributed by atoms with Gasteiger partial charge in [0.15, 0.2) is 18.1 Å². The first-order valence-corrected chi connectivity index (χ1v) is 7.93. The summed E-state index contributed by atoms with van der Waals surface area (Å²) in [6.45, 7) is 1.75. The van der Waals surface area contributed by atoms with E-state index in [-0.39, 0.29) is 12.5 Å². The lowest BCUT2D eigenvalue weighted by Crippen LogP contribution is -2.20. The lowest BCUT2D eigenvalue weighted by atomic mass is 10.2. The zero-order valence-electron chi connectivity index (χ0n) is 12.8. The van der Waals surface area contributed by atoms with Gasteiger partial charge in [0.05, 0.1) is 7.11 Å². The number of benzene rings is 2. The lowest BCUT2D eigenvalue weighted by Gasteiger charge is -2.12. The van der Waals surface area contributed by atoms with Gasteiger partial charge in [-0.2, -0.15) is 0 Å². The number of nitrogens with one attached hydrogen (secondary N) is 1. The Labute approximate surface area is 148 Å². The predicted molar refractivity (Wildman–Crippen MR) is 96.4 cm³/mol. The second kappa shape index (κ2) is 7.96. The van der Waals surface area contributed by atoms with Gasteiger partial charge in [-0.3, -0.25) is 9.59 Å². The summed E-state index contributed by atoms with van der Waals surface area (Å²) >= 11 is 2.21. The molecule has 0 saturated carbocycles. The van der Waals surface area contributed by atoms with Crippen molar-refractivity contribution < 1.29 is 19.1 Å². The fraction of sp³-hybridized carbons (Fsp3) is 0.176. The molecule has 23 heavy (non-hydrogen) atoms. The number of aryl methyl sites for hydroxylation is 1. The molecule has 0 aliphatic carbocycles. The molecule has 0 unspecified atom stereocenters. The second-order valence-corrected chi connectivity index (χ2v) is 6.07. The molecule has 2 rings (SSSR count). The maximum atomic E-state index is 12.0. The molecule has 0 aromatic heterocycles. The highest BCUT2D eigenvalue weighted by molar-refractivity contribution is 14.1. The normalized spacial score (nSPS) is 10.0. The summed E-state index contributed by atoms with van der Waals surface area (Å²) in [4.78, 5) is 22.9. The number of halogens is 1. The molecule has 2 aromatic rings. The molecule has 0 fully saturated rings. The minimum Gasteiger partial charge on any atom is -0.493 e. The van der Waals surface area contributed by atoms with Crippen LogP contribution in [0.4, 0.5) is 5.69 Å². The Balaban J connectivity index is 2.03. The van der Waals surface area contributed by atoms with Crippen LogP contribution >= 0.6 is 22.6 Å². The van der Waals surface area contributed by atoms with Crippen molar-refractivity contribution in [2.75, 3.05) is 19.0 Å². The molecule has 0 atom stereocenters. The number of methoxy groups -OCH3 is 1. The van der Waals surface area contributed by atoms with Crippen LogP contribution in [0.25, 0.3) is 0 Å². The summed E-state index contributed by atoms with van der Waals surface area (Å²) < 4.78 is 11.7. The Morgan fingerprint density at radius 3 is 2.65 bits per heavy atom. The number of carbonyl (C=O) groups is 2. The number of rotatable bonds is 6. The van der Waals surface area contributed by atoms with Crippen molar-refractivity contribution in [3.8, 4) is 11.5 Å². The zero-order chi connectivity index (χ0) is 16.8. The number of hydrogen-bond donors (Lipinski definition) is 1. The van der Waals surface area contributed by atoms with E-state index >= 15 is 0 Å². The van der Waals surface area contributed by atoms with E-state index in [1.807, 2.05) is 25.1 Å². The standard InChI is InChI=1S/C17H16INO4/c1-11-7-13(18)4-5-14(11)19-17(21)10-23-16-8-12(9-20)3-6-15(16)22-2/h3-9H,10H2,1-2H3,(H,19,21). The highest BCUT2D eigenvalue weighted by Crippen LogP contribution is 2.27. The van der Waals surface area contributed by atoms with Crippen molar-refractivity contribution in [2.45, 2.75) is 6.92 Å². The molecular weight excluding hydrogens is 409 g/mol. The van der Waals surface area contributed by atoms with E-state index < -0.39 is 0 Å². The van der Waals surface area contributed by atoms with E-state index in [9.17, 15) is 9.59 Å². The van der Waals surface area contributed by atoms with Gasteiger partial charge in [0.1, 0.15) is 6.29 Å². The number of carbonyl (C=O) groups excluding carboxylic acids is 2. The number of amides is 1. The molecule has 1 amide bonds. The largest absolute Gasteiger partial charge is 0.493 e. The molecule has 1 N–H and O–H groups in total. The first-order valence-electron chi connectivity index (χ1n) is 6.85. The van der Waals surface area contributed by atoms with Crippen molar-refractivity contribution in [2.24, 2.45) is 0 Å². The first-order chi connectivity index (χ1) is 11.0. The SMILES string of the molecule is COc1ccc(C=O)cc1OCC(=O)Nc1ccc(I)cc1C. The van der Waals surface area contributed by atoms with Gasteiger partial charge in [-0.15, -0.1) is 0 Å². The second-order valence-electron chi connectivity index (χ2n) is 4.82. The molecule has 6 heteroatoms. The fourth-order valence-corrected chi connectivity index (χ4v) is 2.62. The van der Waals surface area contributed by atoms with Crippen LogP contribution in [0.15, 0.2) is 36.4 Å². The molecule has 0 saturated heterocycles. The Kier molecular flexibility index (Phi) is 5.97. The Bertz CT molecular complexity index is 731. The molecule has 2 aromatic carbocycles. The smallest absolute Gasteiger partial charge is 0.262 e. The third-order valence-corrected chi connectivity index (χ3v) is 3.82. The molecule has 0 aliphatic heterocycles. The minimum atomic E-state index is -0.284. The highest BCUT2D eigenvalue weighted by Gasteiger charge is 2.10. The predicted octanol–water partition coefficient (Wildman–Crippen LogP) is 3.44. The van der Waals surface area contributed by atoms with Crippen LogP contribution in [-0.2, 0) is 4.79 Å². The average Bonchev–Trinajstić information content (AvgIpc) is 2.55. The van der Waals surface area contributed by atoms with Gasteiger partial charge in [-0.1, -0.05) is 0 Å². The van der Waals surface area contributed by atoms with E-state index in [1.54, 1.807) is 12.1 Å².